The number of rotatable bonds is 6. The Labute approximate surface area is 128 Å². The highest BCUT2D eigenvalue weighted by atomic mass is 35.5. The average Bonchev–Trinajstić information content (AvgIpc) is 2.86. The predicted molar refractivity (Wildman–Crippen MR) is 84.0 cm³/mol. The van der Waals surface area contributed by atoms with E-state index < -0.39 is 6.10 Å². The van der Waals surface area contributed by atoms with Gasteiger partial charge < -0.3 is 4.74 Å². The Morgan fingerprint density at radius 3 is 2.70 bits per heavy atom. The summed E-state index contributed by atoms with van der Waals surface area (Å²) in [5.74, 6) is 0.702. The number of benzene rings is 1. The lowest BCUT2D eigenvalue weighted by molar-refractivity contribution is -0.124. The van der Waals surface area contributed by atoms with Crippen LogP contribution in [0.2, 0.25) is 5.02 Å². The highest BCUT2D eigenvalue weighted by molar-refractivity contribution is 7.12. The van der Waals surface area contributed by atoms with Crippen molar-refractivity contribution in [3.8, 4) is 5.75 Å². The van der Waals surface area contributed by atoms with Crippen LogP contribution in [-0.4, -0.2) is 11.9 Å². The number of hydrogen-bond donors (Lipinski definition) is 0. The van der Waals surface area contributed by atoms with Gasteiger partial charge in [-0.2, -0.15) is 0 Å². The first-order chi connectivity index (χ1) is 9.58. The smallest absolute Gasteiger partial charge is 0.178 e. The van der Waals surface area contributed by atoms with Crippen LogP contribution in [0, 0.1) is 0 Å². The lowest BCUT2D eigenvalue weighted by Gasteiger charge is -2.13. The second-order valence-corrected chi connectivity index (χ2v) is 6.27. The maximum Gasteiger partial charge on any atom is 0.178 e. The zero-order chi connectivity index (χ0) is 14.5. The molecule has 1 unspecified atom stereocenters. The Morgan fingerprint density at radius 1 is 1.30 bits per heavy atom. The van der Waals surface area contributed by atoms with E-state index in [0.29, 0.717) is 17.2 Å². The highest BCUT2D eigenvalue weighted by Gasteiger charge is 2.16. The van der Waals surface area contributed by atoms with E-state index in [9.17, 15) is 4.79 Å². The zero-order valence-corrected chi connectivity index (χ0v) is 13.1. The summed E-state index contributed by atoms with van der Waals surface area (Å²) in [5.41, 5.74) is 0. The molecule has 0 amide bonds. The molecule has 0 N–H and O–H groups in total. The molecule has 2 aromatic rings. The third-order valence-electron chi connectivity index (χ3n) is 2.98. The Bertz CT molecular complexity index is 592. The van der Waals surface area contributed by atoms with Crippen molar-refractivity contribution in [3.05, 3.63) is 51.2 Å². The number of carbonyl (C=O) groups is 1. The molecule has 1 aromatic heterocycles. The molecule has 0 radical (unpaired) electrons. The fourth-order valence-electron chi connectivity index (χ4n) is 1.83. The van der Waals surface area contributed by atoms with E-state index in [-0.39, 0.29) is 5.78 Å². The monoisotopic (exact) mass is 308 g/mol. The summed E-state index contributed by atoms with van der Waals surface area (Å²) in [6.07, 6.45) is 0.959. The van der Waals surface area contributed by atoms with E-state index in [4.69, 9.17) is 16.3 Å². The molecular weight excluding hydrogens is 292 g/mol. The number of ether oxygens (including phenoxy) is 1. The van der Waals surface area contributed by atoms with Gasteiger partial charge in [0.05, 0.1) is 0 Å². The lowest BCUT2D eigenvalue weighted by atomic mass is 10.1. The van der Waals surface area contributed by atoms with Crippen LogP contribution in [0.4, 0.5) is 0 Å². The van der Waals surface area contributed by atoms with Crippen LogP contribution in [0.25, 0.3) is 0 Å². The Kier molecular flexibility index (Phi) is 5.21. The molecule has 106 valence electrons. The maximum atomic E-state index is 12.1. The van der Waals surface area contributed by atoms with Gasteiger partial charge in [-0.3, -0.25) is 4.79 Å². The number of hydrogen-bond acceptors (Lipinski definition) is 3. The molecule has 0 saturated carbocycles. The molecule has 0 fully saturated rings. The van der Waals surface area contributed by atoms with Crippen molar-refractivity contribution in [2.45, 2.75) is 32.8 Å². The molecule has 0 saturated heterocycles. The number of ketones is 1. The van der Waals surface area contributed by atoms with Crippen molar-refractivity contribution in [1.82, 2.24) is 0 Å². The fourth-order valence-corrected chi connectivity index (χ4v) is 2.98. The van der Waals surface area contributed by atoms with Gasteiger partial charge in [0.1, 0.15) is 5.75 Å². The van der Waals surface area contributed by atoms with E-state index in [2.05, 4.69) is 13.0 Å². The minimum absolute atomic E-state index is 0.0782. The third kappa shape index (κ3) is 4.09. The highest BCUT2D eigenvalue weighted by Crippen LogP contribution is 2.21. The van der Waals surface area contributed by atoms with Crippen molar-refractivity contribution < 1.29 is 9.53 Å². The fraction of sp³-hybridized carbons (Fsp3) is 0.312. The second kappa shape index (κ2) is 6.91. The Hall–Kier alpha value is -1.32. The number of aryl methyl sites for hydroxylation is 1. The molecule has 1 aromatic carbocycles. The van der Waals surface area contributed by atoms with E-state index in [1.165, 1.54) is 4.88 Å². The number of carbonyl (C=O) groups excluding carboxylic acids is 1. The molecule has 2 rings (SSSR count). The van der Waals surface area contributed by atoms with Gasteiger partial charge in [0.15, 0.2) is 11.9 Å². The topological polar surface area (TPSA) is 26.3 Å². The maximum absolute atomic E-state index is 12.1. The van der Waals surface area contributed by atoms with Gasteiger partial charge in [-0.15, -0.1) is 11.3 Å². The predicted octanol–water partition coefficient (Wildman–Crippen LogP) is 4.54. The molecular formula is C16H17ClO2S. The van der Waals surface area contributed by atoms with Gasteiger partial charge in [0.2, 0.25) is 0 Å². The molecule has 2 nitrogen and oxygen atoms in total. The SMILES string of the molecule is CCc1ccc(CC(=O)C(C)Oc2cccc(Cl)c2)s1. The largest absolute Gasteiger partial charge is 0.483 e. The summed E-state index contributed by atoms with van der Waals surface area (Å²) >= 11 is 7.58. The first-order valence-electron chi connectivity index (χ1n) is 6.61. The average molecular weight is 309 g/mol. The van der Waals surface area contributed by atoms with Gasteiger partial charge in [-0.05, 0) is 43.7 Å². The van der Waals surface area contributed by atoms with Crippen LogP contribution in [0.3, 0.4) is 0 Å². The van der Waals surface area contributed by atoms with E-state index in [1.54, 1.807) is 36.5 Å². The van der Waals surface area contributed by atoms with Crippen molar-refractivity contribution in [2.24, 2.45) is 0 Å². The minimum atomic E-state index is -0.472. The third-order valence-corrected chi connectivity index (χ3v) is 4.44. The van der Waals surface area contributed by atoms with Crippen LogP contribution in [0.5, 0.6) is 5.75 Å². The summed E-state index contributed by atoms with van der Waals surface area (Å²) < 4.78 is 5.63. The molecule has 1 heterocycles. The van der Waals surface area contributed by atoms with E-state index in [1.807, 2.05) is 12.1 Å². The molecule has 0 aliphatic carbocycles. The van der Waals surface area contributed by atoms with Crippen LogP contribution in [0.15, 0.2) is 36.4 Å². The van der Waals surface area contributed by atoms with Crippen LogP contribution in [0.1, 0.15) is 23.6 Å². The summed E-state index contributed by atoms with van der Waals surface area (Å²) in [6, 6.07) is 11.2. The Morgan fingerprint density at radius 2 is 2.05 bits per heavy atom. The molecule has 20 heavy (non-hydrogen) atoms. The quantitative estimate of drug-likeness (QED) is 0.783. The number of thiophene rings is 1. The molecule has 0 aliphatic rings. The second-order valence-electron chi connectivity index (χ2n) is 4.58. The first-order valence-corrected chi connectivity index (χ1v) is 7.80. The first kappa shape index (κ1) is 15.1. The summed E-state index contributed by atoms with van der Waals surface area (Å²) in [5, 5.41) is 0.605. The minimum Gasteiger partial charge on any atom is -0.483 e. The van der Waals surface area contributed by atoms with Crippen molar-refractivity contribution in [1.29, 1.82) is 0 Å². The zero-order valence-electron chi connectivity index (χ0n) is 11.6. The van der Waals surface area contributed by atoms with Crippen LogP contribution >= 0.6 is 22.9 Å². The Balaban J connectivity index is 1.95. The number of Topliss-reactive ketones (excluding diaryl/α,β-unsaturated/α-hetero) is 1. The van der Waals surface area contributed by atoms with Gasteiger partial charge in [-0.25, -0.2) is 0 Å². The molecule has 0 bridgehead atoms. The lowest BCUT2D eigenvalue weighted by Crippen LogP contribution is -2.25. The normalized spacial score (nSPS) is 12.2. The molecule has 1 atom stereocenters. The summed E-state index contributed by atoms with van der Waals surface area (Å²) in [7, 11) is 0. The molecule has 4 heteroatoms. The standard InChI is InChI=1S/C16H17ClO2S/c1-3-14-7-8-15(20-14)10-16(18)11(2)19-13-6-4-5-12(17)9-13/h4-9,11H,3,10H2,1-2H3. The van der Waals surface area contributed by atoms with Crippen molar-refractivity contribution in [3.63, 3.8) is 0 Å². The van der Waals surface area contributed by atoms with Crippen molar-refractivity contribution in [2.75, 3.05) is 0 Å². The molecule has 0 spiro atoms. The van der Waals surface area contributed by atoms with Gasteiger partial charge in [-0.1, -0.05) is 24.6 Å². The van der Waals surface area contributed by atoms with Crippen LogP contribution in [-0.2, 0) is 17.6 Å². The van der Waals surface area contributed by atoms with Gasteiger partial charge in [0, 0.05) is 21.2 Å². The number of halogens is 1. The summed E-state index contributed by atoms with van der Waals surface area (Å²) in [6.45, 7) is 3.89. The van der Waals surface area contributed by atoms with Crippen molar-refractivity contribution >= 4 is 28.7 Å². The van der Waals surface area contributed by atoms with Crippen LogP contribution < -0.4 is 4.74 Å². The molecule has 0 aliphatic heterocycles. The van der Waals surface area contributed by atoms with E-state index in [0.717, 1.165) is 11.3 Å². The summed E-state index contributed by atoms with van der Waals surface area (Å²) in [4.78, 5) is 14.5. The van der Waals surface area contributed by atoms with E-state index >= 15 is 0 Å². The van der Waals surface area contributed by atoms with Gasteiger partial charge in [0.25, 0.3) is 0 Å². The van der Waals surface area contributed by atoms with Gasteiger partial charge >= 0.3 is 0 Å².